The number of allylic oxidation sites excluding steroid dienone is 2. The van der Waals surface area contributed by atoms with Crippen molar-refractivity contribution in [2.45, 2.75) is 134 Å². The molecule has 3 rings (SSSR count). The van der Waals surface area contributed by atoms with Crippen molar-refractivity contribution in [3.63, 3.8) is 0 Å². The fourth-order valence-electron chi connectivity index (χ4n) is 5.94. The average molecular weight is 520 g/mol. The number of piperidine rings is 1. The molecule has 2 N–H and O–H groups in total. The third-order valence-corrected chi connectivity index (χ3v) is 8.29. The maximum absolute atomic E-state index is 15.5. The van der Waals surface area contributed by atoms with Crippen molar-refractivity contribution in [1.29, 1.82) is 0 Å². The summed E-state index contributed by atoms with van der Waals surface area (Å²) in [5, 5.41) is 17.2. The summed E-state index contributed by atoms with van der Waals surface area (Å²) in [5.41, 5.74) is -1.21. The van der Waals surface area contributed by atoms with E-state index in [4.69, 9.17) is 4.74 Å². The van der Waals surface area contributed by atoms with Crippen molar-refractivity contribution in [2.75, 3.05) is 13.2 Å². The summed E-state index contributed by atoms with van der Waals surface area (Å²) in [7, 11) is 0. The highest BCUT2D eigenvalue weighted by Crippen LogP contribution is 2.44. The normalized spacial score (nSPS) is 25.8. The van der Waals surface area contributed by atoms with Gasteiger partial charge in [0.2, 0.25) is 0 Å². The first-order chi connectivity index (χ1) is 18.1. The highest BCUT2D eigenvalue weighted by Gasteiger charge is 2.44. The molecule has 2 fully saturated rings. The number of hydrogen-bond acceptors (Lipinski definition) is 6. The van der Waals surface area contributed by atoms with Crippen LogP contribution in [-0.2, 0) is 16.0 Å². The van der Waals surface area contributed by atoms with E-state index in [2.05, 4.69) is 45.0 Å². The van der Waals surface area contributed by atoms with E-state index < -0.39 is 5.67 Å². The number of halogens is 1. The van der Waals surface area contributed by atoms with Crippen LogP contribution in [0.15, 0.2) is 12.2 Å². The summed E-state index contributed by atoms with van der Waals surface area (Å²) in [6.07, 6.45) is 23.0. The predicted molar refractivity (Wildman–Crippen MR) is 145 cm³/mol. The Morgan fingerprint density at radius 2 is 1.78 bits per heavy atom. The summed E-state index contributed by atoms with van der Waals surface area (Å²) in [6, 6.07) is -0.305. The van der Waals surface area contributed by atoms with Gasteiger partial charge in [-0.3, -0.25) is 4.79 Å². The van der Waals surface area contributed by atoms with E-state index >= 15 is 4.39 Å². The molecule has 0 spiro atoms. The summed E-state index contributed by atoms with van der Waals surface area (Å²) in [6.45, 7) is 3.52. The number of rotatable bonds is 18. The number of esters is 1. The lowest BCUT2D eigenvalue weighted by molar-refractivity contribution is -0.148. The van der Waals surface area contributed by atoms with Gasteiger partial charge in [-0.05, 0) is 82.6 Å². The van der Waals surface area contributed by atoms with Gasteiger partial charge in [0.15, 0.2) is 5.82 Å². The minimum atomic E-state index is -1.21. The maximum Gasteiger partial charge on any atom is 0.323 e. The fraction of sp³-hybridized carbons (Fsp3) is 0.862. The van der Waals surface area contributed by atoms with Crippen LogP contribution < -0.4 is 5.32 Å². The highest BCUT2D eigenvalue weighted by molar-refractivity contribution is 5.76. The van der Waals surface area contributed by atoms with E-state index in [-0.39, 0.29) is 17.9 Å². The van der Waals surface area contributed by atoms with Gasteiger partial charge in [0.1, 0.15) is 11.7 Å². The van der Waals surface area contributed by atoms with Gasteiger partial charge in [0, 0.05) is 6.42 Å². The van der Waals surface area contributed by atoms with Crippen molar-refractivity contribution in [1.82, 2.24) is 25.9 Å². The van der Waals surface area contributed by atoms with E-state index in [0.717, 1.165) is 25.8 Å². The van der Waals surface area contributed by atoms with Crippen LogP contribution in [0.2, 0.25) is 0 Å². The molecular formula is C29H50FN5O2. The summed E-state index contributed by atoms with van der Waals surface area (Å²) >= 11 is 0. The maximum atomic E-state index is 15.5. The van der Waals surface area contributed by atoms with Crippen molar-refractivity contribution < 1.29 is 13.9 Å². The molecule has 1 saturated heterocycles. The summed E-state index contributed by atoms with van der Waals surface area (Å²) in [5.74, 6) is 1.06. The minimum absolute atomic E-state index is 0.165. The minimum Gasteiger partial charge on any atom is -0.465 e. The molecule has 4 atom stereocenters. The van der Waals surface area contributed by atoms with Crippen molar-refractivity contribution >= 4 is 5.97 Å². The Kier molecular flexibility index (Phi) is 13.6. The Balaban J connectivity index is 1.20. The lowest BCUT2D eigenvalue weighted by atomic mass is 9.67. The molecule has 1 aliphatic carbocycles. The molecule has 1 saturated carbocycles. The van der Waals surface area contributed by atoms with Crippen LogP contribution in [0.4, 0.5) is 4.39 Å². The SMILES string of the molecule is CCCCCC/C=C\CCCCCCCCOC(=O)[C@@H]1C[C@H]2C[C@@](F)(CCc3nn[nH]n3)CC[C@H]2CN1. The predicted octanol–water partition coefficient (Wildman–Crippen LogP) is 6.42. The number of nitrogens with one attached hydrogen (secondary N) is 2. The Hall–Kier alpha value is -1.83. The van der Waals surface area contributed by atoms with Gasteiger partial charge in [0.05, 0.1) is 6.61 Å². The molecule has 1 aliphatic heterocycles. The highest BCUT2D eigenvalue weighted by atomic mass is 19.1. The Morgan fingerprint density at radius 1 is 1.05 bits per heavy atom. The molecule has 7 nitrogen and oxygen atoms in total. The molecule has 0 amide bonds. The number of carbonyl (C=O) groups excluding carboxylic acids is 1. The molecule has 0 bridgehead atoms. The van der Waals surface area contributed by atoms with Crippen molar-refractivity contribution in [2.24, 2.45) is 11.8 Å². The molecule has 1 aromatic rings. The van der Waals surface area contributed by atoms with E-state index in [1.165, 1.54) is 64.2 Å². The largest absolute Gasteiger partial charge is 0.465 e. The Labute approximate surface area is 223 Å². The second kappa shape index (κ2) is 16.9. The van der Waals surface area contributed by atoms with Crippen molar-refractivity contribution in [3.8, 4) is 0 Å². The third kappa shape index (κ3) is 11.2. The number of nitrogens with zero attached hydrogens (tertiary/aromatic N) is 3. The number of ether oxygens (including phenoxy) is 1. The molecule has 37 heavy (non-hydrogen) atoms. The third-order valence-electron chi connectivity index (χ3n) is 8.29. The van der Waals surface area contributed by atoms with Gasteiger partial charge in [0.25, 0.3) is 0 Å². The number of hydrogen-bond donors (Lipinski definition) is 2. The molecule has 1 aromatic heterocycles. The van der Waals surface area contributed by atoms with Crippen LogP contribution in [-0.4, -0.2) is 51.5 Å². The molecule has 2 aliphatic rings. The first kappa shape index (κ1) is 29.7. The van der Waals surface area contributed by atoms with Crippen molar-refractivity contribution in [3.05, 3.63) is 18.0 Å². The smallest absolute Gasteiger partial charge is 0.323 e. The van der Waals surface area contributed by atoms with Gasteiger partial charge in [-0.2, -0.15) is 5.21 Å². The summed E-state index contributed by atoms with van der Waals surface area (Å²) < 4.78 is 21.1. The number of H-pyrrole nitrogens is 1. The number of fused-ring (bicyclic) bond motifs is 1. The molecule has 8 heteroatoms. The number of aromatic amines is 1. The molecule has 0 radical (unpaired) electrons. The fourth-order valence-corrected chi connectivity index (χ4v) is 5.94. The lowest BCUT2D eigenvalue weighted by Crippen LogP contribution is -2.52. The second-order valence-electron chi connectivity index (χ2n) is 11.3. The topological polar surface area (TPSA) is 92.8 Å². The number of alkyl halides is 1. The van der Waals surface area contributed by atoms with Gasteiger partial charge in [-0.25, -0.2) is 4.39 Å². The standard InChI is InChI=1S/C29H50FN5O2/c1-2-3-4-5-6-7-8-9-10-11-12-13-14-15-20-37-28(36)26-21-25-22-29(30,18-16-24(25)23-31-26)19-17-27-32-34-35-33-27/h7-8,24-26,31H,2-6,9-23H2,1H3,(H,32,33,34,35)/b8-7-/t24-,25-,26-,29-/m0/s1. The zero-order chi connectivity index (χ0) is 26.2. The number of carbonyl (C=O) groups is 1. The molecule has 2 heterocycles. The van der Waals surface area contributed by atoms with E-state index in [1.54, 1.807) is 0 Å². The molecular weight excluding hydrogens is 469 g/mol. The average Bonchev–Trinajstić information content (AvgIpc) is 3.43. The quantitative estimate of drug-likeness (QED) is 0.132. The number of tetrazole rings is 1. The number of aryl methyl sites for hydroxylation is 1. The second-order valence-corrected chi connectivity index (χ2v) is 11.3. The van der Waals surface area contributed by atoms with Crippen LogP contribution in [0.25, 0.3) is 0 Å². The van der Waals surface area contributed by atoms with Crippen LogP contribution in [0.5, 0.6) is 0 Å². The Bertz CT molecular complexity index is 774. The van der Waals surface area contributed by atoms with E-state index in [0.29, 0.717) is 50.5 Å². The number of unbranched alkanes of at least 4 members (excludes halogenated alkanes) is 10. The number of aromatic nitrogens is 4. The van der Waals surface area contributed by atoms with E-state index in [1.807, 2.05) is 0 Å². The van der Waals surface area contributed by atoms with Crippen LogP contribution in [0.3, 0.4) is 0 Å². The van der Waals surface area contributed by atoms with Gasteiger partial charge in [-0.1, -0.05) is 69.2 Å². The van der Waals surface area contributed by atoms with E-state index in [9.17, 15) is 4.79 Å². The van der Waals surface area contributed by atoms with Gasteiger partial charge < -0.3 is 10.1 Å². The molecule has 210 valence electrons. The van der Waals surface area contributed by atoms with Crippen LogP contribution in [0.1, 0.15) is 122 Å². The van der Waals surface area contributed by atoms with Crippen LogP contribution >= 0.6 is 0 Å². The molecule has 0 unspecified atom stereocenters. The lowest BCUT2D eigenvalue weighted by Gasteiger charge is -2.44. The Morgan fingerprint density at radius 3 is 2.51 bits per heavy atom. The zero-order valence-corrected chi connectivity index (χ0v) is 23.1. The monoisotopic (exact) mass is 519 g/mol. The van der Waals surface area contributed by atoms with Gasteiger partial charge in [-0.15, -0.1) is 10.2 Å². The summed E-state index contributed by atoms with van der Waals surface area (Å²) in [4.78, 5) is 12.6. The molecule has 0 aromatic carbocycles. The van der Waals surface area contributed by atoms with Gasteiger partial charge >= 0.3 is 5.97 Å². The first-order valence-electron chi connectivity index (χ1n) is 15.1. The zero-order valence-electron chi connectivity index (χ0n) is 23.1. The van der Waals surface area contributed by atoms with Crippen LogP contribution in [0, 0.1) is 11.8 Å². The first-order valence-corrected chi connectivity index (χ1v) is 15.1.